The van der Waals surface area contributed by atoms with Crippen LogP contribution in [0.4, 0.5) is 0 Å². The second-order valence-corrected chi connectivity index (χ2v) is 3.91. The molecule has 0 aliphatic carbocycles. The van der Waals surface area contributed by atoms with Crippen molar-refractivity contribution in [2.45, 2.75) is 20.3 Å². The quantitative estimate of drug-likeness (QED) is 0.735. The van der Waals surface area contributed by atoms with E-state index in [1.165, 1.54) is 6.92 Å². The standard InChI is InChI=1S/C14H18O3/c1-10(2)13-9-12(5-6-14(13)16-4)7-8-17-11(3)15/h5-6,9H,1,7-8H2,2-4H3. The SMILES string of the molecule is C=C(C)c1cc(CCOC(C)=O)ccc1OC. The predicted octanol–water partition coefficient (Wildman–Crippen LogP) is 2.83. The van der Waals surface area contributed by atoms with Crippen molar-refractivity contribution in [2.75, 3.05) is 13.7 Å². The summed E-state index contributed by atoms with van der Waals surface area (Å²) in [6.45, 7) is 7.67. The van der Waals surface area contributed by atoms with Crippen LogP contribution in [0.3, 0.4) is 0 Å². The van der Waals surface area contributed by atoms with Gasteiger partial charge in [-0.05, 0) is 30.2 Å². The summed E-state index contributed by atoms with van der Waals surface area (Å²) in [7, 11) is 1.64. The second-order valence-electron chi connectivity index (χ2n) is 3.91. The lowest BCUT2D eigenvalue weighted by atomic mass is 10.0. The fourth-order valence-electron chi connectivity index (χ4n) is 1.56. The first-order valence-corrected chi connectivity index (χ1v) is 5.50. The van der Waals surface area contributed by atoms with Crippen LogP contribution in [0.1, 0.15) is 25.0 Å². The van der Waals surface area contributed by atoms with Crippen LogP contribution in [0, 0.1) is 0 Å². The normalized spacial score (nSPS) is 9.82. The molecule has 1 aromatic carbocycles. The van der Waals surface area contributed by atoms with Crippen molar-refractivity contribution in [3.8, 4) is 5.75 Å². The Morgan fingerprint density at radius 1 is 1.35 bits per heavy atom. The molecule has 0 radical (unpaired) electrons. The van der Waals surface area contributed by atoms with Gasteiger partial charge in [-0.3, -0.25) is 4.79 Å². The van der Waals surface area contributed by atoms with Gasteiger partial charge in [-0.25, -0.2) is 0 Å². The number of esters is 1. The molecule has 0 unspecified atom stereocenters. The number of hydrogen-bond acceptors (Lipinski definition) is 3. The third kappa shape index (κ3) is 3.94. The monoisotopic (exact) mass is 234 g/mol. The molecule has 0 fully saturated rings. The maximum absolute atomic E-state index is 10.7. The van der Waals surface area contributed by atoms with E-state index in [9.17, 15) is 4.79 Å². The summed E-state index contributed by atoms with van der Waals surface area (Å²) in [5.41, 5.74) is 3.05. The molecule has 0 N–H and O–H groups in total. The van der Waals surface area contributed by atoms with E-state index in [0.29, 0.717) is 13.0 Å². The fourth-order valence-corrected chi connectivity index (χ4v) is 1.56. The Labute approximate surface area is 102 Å². The lowest BCUT2D eigenvalue weighted by Gasteiger charge is -2.10. The smallest absolute Gasteiger partial charge is 0.302 e. The van der Waals surface area contributed by atoms with E-state index >= 15 is 0 Å². The molecule has 1 rings (SSSR count). The van der Waals surface area contributed by atoms with Gasteiger partial charge in [0.15, 0.2) is 0 Å². The summed E-state index contributed by atoms with van der Waals surface area (Å²) in [4.78, 5) is 10.7. The molecule has 0 aliphatic rings. The summed E-state index contributed by atoms with van der Waals surface area (Å²) in [6, 6.07) is 5.90. The first-order chi connectivity index (χ1) is 8.04. The first kappa shape index (κ1) is 13.3. The average molecular weight is 234 g/mol. The number of methoxy groups -OCH3 is 1. The largest absolute Gasteiger partial charge is 0.496 e. The zero-order chi connectivity index (χ0) is 12.8. The van der Waals surface area contributed by atoms with Crippen LogP contribution in [-0.2, 0) is 16.0 Å². The Bertz CT molecular complexity index is 421. The van der Waals surface area contributed by atoms with E-state index in [4.69, 9.17) is 9.47 Å². The molecule has 0 heterocycles. The minimum absolute atomic E-state index is 0.251. The number of hydrogen-bond donors (Lipinski definition) is 0. The minimum Gasteiger partial charge on any atom is -0.496 e. The zero-order valence-corrected chi connectivity index (χ0v) is 10.6. The molecule has 17 heavy (non-hydrogen) atoms. The lowest BCUT2D eigenvalue weighted by molar-refractivity contribution is -0.140. The number of rotatable bonds is 5. The van der Waals surface area contributed by atoms with Crippen LogP contribution in [0.15, 0.2) is 24.8 Å². The summed E-state index contributed by atoms with van der Waals surface area (Å²) in [6.07, 6.45) is 0.698. The van der Waals surface area contributed by atoms with Gasteiger partial charge in [0.1, 0.15) is 5.75 Å². The van der Waals surface area contributed by atoms with Gasteiger partial charge in [-0.2, -0.15) is 0 Å². The van der Waals surface area contributed by atoms with E-state index in [0.717, 1.165) is 22.4 Å². The Kier molecular flexibility index (Phi) is 4.76. The highest BCUT2D eigenvalue weighted by Gasteiger charge is 2.05. The highest BCUT2D eigenvalue weighted by atomic mass is 16.5. The number of carbonyl (C=O) groups is 1. The molecule has 0 amide bonds. The lowest BCUT2D eigenvalue weighted by Crippen LogP contribution is -2.03. The van der Waals surface area contributed by atoms with Crippen LogP contribution in [0.5, 0.6) is 5.75 Å². The maximum Gasteiger partial charge on any atom is 0.302 e. The molecule has 1 aromatic rings. The van der Waals surface area contributed by atoms with Gasteiger partial charge in [-0.1, -0.05) is 12.6 Å². The fraction of sp³-hybridized carbons (Fsp3) is 0.357. The van der Waals surface area contributed by atoms with Crippen LogP contribution >= 0.6 is 0 Å². The van der Waals surface area contributed by atoms with Crippen molar-refractivity contribution in [2.24, 2.45) is 0 Å². The second kappa shape index (κ2) is 6.09. The van der Waals surface area contributed by atoms with Crippen LogP contribution in [0.2, 0.25) is 0 Å². The Balaban J connectivity index is 2.78. The zero-order valence-electron chi connectivity index (χ0n) is 10.6. The van der Waals surface area contributed by atoms with E-state index in [-0.39, 0.29) is 5.97 Å². The van der Waals surface area contributed by atoms with Crippen molar-refractivity contribution in [3.05, 3.63) is 35.9 Å². The molecular weight excluding hydrogens is 216 g/mol. The molecule has 0 atom stereocenters. The number of allylic oxidation sites excluding steroid dienone is 1. The van der Waals surface area contributed by atoms with Crippen molar-refractivity contribution in [1.29, 1.82) is 0 Å². The van der Waals surface area contributed by atoms with Crippen molar-refractivity contribution >= 4 is 11.5 Å². The van der Waals surface area contributed by atoms with E-state index in [1.54, 1.807) is 7.11 Å². The molecule has 0 bridgehead atoms. The van der Waals surface area contributed by atoms with Crippen molar-refractivity contribution < 1.29 is 14.3 Å². The van der Waals surface area contributed by atoms with Gasteiger partial charge in [-0.15, -0.1) is 0 Å². The third-order valence-corrected chi connectivity index (χ3v) is 2.42. The summed E-state index contributed by atoms with van der Waals surface area (Å²) >= 11 is 0. The van der Waals surface area contributed by atoms with Gasteiger partial charge in [0.25, 0.3) is 0 Å². The number of carbonyl (C=O) groups excluding carboxylic acids is 1. The molecule has 92 valence electrons. The van der Waals surface area contributed by atoms with Gasteiger partial charge < -0.3 is 9.47 Å². The van der Waals surface area contributed by atoms with E-state index in [2.05, 4.69) is 6.58 Å². The average Bonchev–Trinajstić information content (AvgIpc) is 2.28. The molecule has 3 heteroatoms. The van der Waals surface area contributed by atoms with E-state index in [1.807, 2.05) is 25.1 Å². The molecule has 0 saturated carbocycles. The topological polar surface area (TPSA) is 35.5 Å². The van der Waals surface area contributed by atoms with Gasteiger partial charge >= 0.3 is 5.97 Å². The van der Waals surface area contributed by atoms with Gasteiger partial charge in [0.2, 0.25) is 0 Å². The van der Waals surface area contributed by atoms with Gasteiger partial charge in [0.05, 0.1) is 13.7 Å². The van der Waals surface area contributed by atoms with Crippen LogP contribution in [-0.4, -0.2) is 19.7 Å². The molecule has 0 aromatic heterocycles. The Hall–Kier alpha value is -1.77. The molecule has 3 nitrogen and oxygen atoms in total. The molecule has 0 aliphatic heterocycles. The highest BCUT2D eigenvalue weighted by Crippen LogP contribution is 2.25. The van der Waals surface area contributed by atoms with Crippen LogP contribution < -0.4 is 4.74 Å². The first-order valence-electron chi connectivity index (χ1n) is 5.50. The Morgan fingerprint density at radius 3 is 2.59 bits per heavy atom. The predicted molar refractivity (Wildman–Crippen MR) is 68.0 cm³/mol. The summed E-state index contributed by atoms with van der Waals surface area (Å²) in [5, 5.41) is 0. The van der Waals surface area contributed by atoms with Crippen molar-refractivity contribution in [3.63, 3.8) is 0 Å². The van der Waals surface area contributed by atoms with Crippen molar-refractivity contribution in [1.82, 2.24) is 0 Å². The van der Waals surface area contributed by atoms with Gasteiger partial charge in [0, 0.05) is 18.9 Å². The maximum atomic E-state index is 10.7. The highest BCUT2D eigenvalue weighted by molar-refractivity contribution is 5.68. The molecular formula is C14H18O3. The van der Waals surface area contributed by atoms with E-state index < -0.39 is 0 Å². The summed E-state index contributed by atoms with van der Waals surface area (Å²) < 4.78 is 10.2. The number of benzene rings is 1. The molecule has 0 spiro atoms. The Morgan fingerprint density at radius 2 is 2.06 bits per heavy atom. The van der Waals surface area contributed by atoms with Crippen LogP contribution in [0.25, 0.3) is 5.57 Å². The number of ether oxygens (including phenoxy) is 2. The third-order valence-electron chi connectivity index (χ3n) is 2.42. The molecule has 0 saturated heterocycles. The minimum atomic E-state index is -0.251. The summed E-state index contributed by atoms with van der Waals surface area (Å²) in [5.74, 6) is 0.562.